The van der Waals surface area contributed by atoms with Crippen LogP contribution in [-0.4, -0.2) is 40.1 Å². The molecule has 1 aromatic carbocycles. The molecule has 146 valence electrons. The van der Waals surface area contributed by atoms with Crippen molar-refractivity contribution in [1.29, 1.82) is 0 Å². The number of hydrogen-bond acceptors (Lipinski definition) is 7. The summed E-state index contributed by atoms with van der Waals surface area (Å²) in [5, 5.41) is 0. The zero-order valence-electron chi connectivity index (χ0n) is 14.4. The van der Waals surface area contributed by atoms with Crippen molar-refractivity contribution in [2.75, 3.05) is 14.2 Å². The molecule has 0 aliphatic rings. The van der Waals surface area contributed by atoms with Gasteiger partial charge in [-0.2, -0.15) is 21.6 Å². The second-order valence-corrected chi connectivity index (χ2v) is 6.49. The lowest BCUT2D eigenvalue weighted by Gasteiger charge is -2.19. The van der Waals surface area contributed by atoms with E-state index in [0.29, 0.717) is 0 Å². The van der Waals surface area contributed by atoms with Gasteiger partial charge in [0.2, 0.25) is 0 Å². The summed E-state index contributed by atoms with van der Waals surface area (Å²) in [6, 6.07) is 1.39. The Hall–Kier alpha value is -2.30. The zero-order valence-corrected chi connectivity index (χ0v) is 15.2. The van der Waals surface area contributed by atoms with Crippen LogP contribution in [0.15, 0.2) is 6.07 Å². The number of alkyl halides is 3. The fraction of sp³-hybridized carbons (Fsp3) is 0.467. The van der Waals surface area contributed by atoms with Crippen molar-refractivity contribution in [3.63, 3.8) is 0 Å². The van der Waals surface area contributed by atoms with E-state index in [0.717, 1.165) is 14.2 Å². The Morgan fingerprint density at radius 3 is 1.62 bits per heavy atom. The third-order valence-corrected chi connectivity index (χ3v) is 4.42. The van der Waals surface area contributed by atoms with Crippen LogP contribution < -0.4 is 4.18 Å². The van der Waals surface area contributed by atoms with E-state index in [1.54, 1.807) is 13.8 Å². The minimum Gasteiger partial charge on any atom is -0.465 e. The molecule has 0 spiro atoms. The molecule has 0 fully saturated rings. The molecule has 1 aromatic rings. The number of halogens is 3. The molecule has 1 rings (SSSR count). The van der Waals surface area contributed by atoms with Crippen molar-refractivity contribution in [2.24, 2.45) is 0 Å². The Kier molecular flexibility index (Phi) is 6.64. The van der Waals surface area contributed by atoms with Crippen LogP contribution in [0, 0.1) is 0 Å². The molecule has 0 atom stereocenters. The second kappa shape index (κ2) is 7.94. The number of carbonyl (C=O) groups excluding carboxylic acids is 2. The highest BCUT2D eigenvalue weighted by atomic mass is 32.2. The molecule has 0 aliphatic carbocycles. The van der Waals surface area contributed by atoms with Gasteiger partial charge in [0.05, 0.1) is 14.2 Å². The molecule has 26 heavy (non-hydrogen) atoms. The molecule has 0 aromatic heterocycles. The summed E-state index contributed by atoms with van der Waals surface area (Å²) in [6.07, 6.45) is 0.280. The van der Waals surface area contributed by atoms with E-state index in [4.69, 9.17) is 0 Å². The molecule has 0 bridgehead atoms. The van der Waals surface area contributed by atoms with Crippen molar-refractivity contribution in [3.8, 4) is 5.75 Å². The third kappa shape index (κ3) is 4.09. The standard InChI is InChI=1S/C15H17F3O7S/c1-5-8-7-9(6-2)11(14(20)24-4)12(10(8)13(19)23-3)25-26(21,22)15(16,17)18/h7H,5-6H2,1-4H3. The van der Waals surface area contributed by atoms with Crippen molar-refractivity contribution in [3.05, 3.63) is 28.3 Å². The van der Waals surface area contributed by atoms with Crippen LogP contribution in [0.2, 0.25) is 0 Å². The Bertz CT molecular complexity index is 771. The number of methoxy groups -OCH3 is 2. The highest BCUT2D eigenvalue weighted by molar-refractivity contribution is 7.88. The summed E-state index contributed by atoms with van der Waals surface area (Å²) in [5.74, 6) is -3.36. The number of rotatable bonds is 6. The molecule has 0 amide bonds. The molecule has 0 heterocycles. The van der Waals surface area contributed by atoms with Gasteiger partial charge >= 0.3 is 27.6 Å². The Balaban J connectivity index is 3.96. The van der Waals surface area contributed by atoms with Crippen molar-refractivity contribution in [2.45, 2.75) is 32.2 Å². The van der Waals surface area contributed by atoms with Gasteiger partial charge in [-0.3, -0.25) is 0 Å². The quantitative estimate of drug-likeness (QED) is 0.413. The largest absolute Gasteiger partial charge is 0.534 e. The van der Waals surface area contributed by atoms with Crippen LogP contribution in [-0.2, 0) is 32.4 Å². The van der Waals surface area contributed by atoms with E-state index >= 15 is 0 Å². The molecule has 0 N–H and O–H groups in total. The number of ether oxygens (including phenoxy) is 2. The Morgan fingerprint density at radius 1 is 0.962 bits per heavy atom. The lowest BCUT2D eigenvalue weighted by atomic mass is 9.94. The first-order valence-corrected chi connectivity index (χ1v) is 8.72. The first-order chi connectivity index (χ1) is 11.9. The van der Waals surface area contributed by atoms with Gasteiger partial charge in [0.15, 0.2) is 5.75 Å². The van der Waals surface area contributed by atoms with Crippen molar-refractivity contribution >= 4 is 22.1 Å². The molecular formula is C15H17F3O7S. The van der Waals surface area contributed by atoms with Crippen LogP contribution in [0.4, 0.5) is 13.2 Å². The predicted molar refractivity (Wildman–Crippen MR) is 83.5 cm³/mol. The Labute approximate surface area is 148 Å². The minimum absolute atomic E-state index is 0.140. The molecule has 7 nitrogen and oxygen atoms in total. The van der Waals surface area contributed by atoms with Crippen LogP contribution in [0.3, 0.4) is 0 Å². The van der Waals surface area contributed by atoms with Gasteiger partial charge in [-0.25, -0.2) is 9.59 Å². The maximum absolute atomic E-state index is 12.8. The van der Waals surface area contributed by atoms with Gasteiger partial charge in [-0.1, -0.05) is 19.9 Å². The second-order valence-electron chi connectivity index (χ2n) is 4.95. The summed E-state index contributed by atoms with van der Waals surface area (Å²) in [6.45, 7) is 3.17. The molecule has 11 heteroatoms. The number of aryl methyl sites for hydroxylation is 2. The SMILES string of the molecule is CCc1cc(CC)c(C(=O)OC)c(OS(=O)(=O)C(F)(F)F)c1C(=O)OC. The van der Waals surface area contributed by atoms with Gasteiger partial charge in [0.1, 0.15) is 11.1 Å². The fourth-order valence-electron chi connectivity index (χ4n) is 2.22. The van der Waals surface area contributed by atoms with Crippen LogP contribution in [0.25, 0.3) is 0 Å². The molecule has 0 unspecified atom stereocenters. The van der Waals surface area contributed by atoms with Gasteiger partial charge in [0, 0.05) is 0 Å². The average Bonchev–Trinajstić information content (AvgIpc) is 2.57. The van der Waals surface area contributed by atoms with E-state index in [9.17, 15) is 31.2 Å². The van der Waals surface area contributed by atoms with E-state index in [2.05, 4.69) is 13.7 Å². The molecule has 0 radical (unpaired) electrons. The van der Waals surface area contributed by atoms with Crippen LogP contribution >= 0.6 is 0 Å². The van der Waals surface area contributed by atoms with E-state index < -0.39 is 44.4 Å². The third-order valence-electron chi connectivity index (χ3n) is 3.46. The van der Waals surface area contributed by atoms with Gasteiger partial charge < -0.3 is 13.7 Å². The highest BCUT2D eigenvalue weighted by Crippen LogP contribution is 2.36. The van der Waals surface area contributed by atoms with Crippen molar-refractivity contribution in [1.82, 2.24) is 0 Å². The Morgan fingerprint density at radius 2 is 1.35 bits per heavy atom. The van der Waals surface area contributed by atoms with E-state index in [-0.39, 0.29) is 24.0 Å². The summed E-state index contributed by atoms with van der Waals surface area (Å²) in [7, 11) is -4.24. The monoisotopic (exact) mass is 398 g/mol. The van der Waals surface area contributed by atoms with E-state index in [1.165, 1.54) is 6.07 Å². The fourth-order valence-corrected chi connectivity index (χ4v) is 2.70. The number of benzene rings is 1. The normalized spacial score (nSPS) is 11.8. The smallest absolute Gasteiger partial charge is 0.465 e. The van der Waals surface area contributed by atoms with E-state index in [1.807, 2.05) is 0 Å². The highest BCUT2D eigenvalue weighted by Gasteiger charge is 2.50. The molecule has 0 saturated heterocycles. The number of carbonyl (C=O) groups is 2. The topological polar surface area (TPSA) is 96.0 Å². The lowest BCUT2D eigenvalue weighted by molar-refractivity contribution is -0.0501. The minimum atomic E-state index is -6.14. The molecule has 0 aliphatic heterocycles. The summed E-state index contributed by atoms with van der Waals surface area (Å²) >= 11 is 0. The summed E-state index contributed by atoms with van der Waals surface area (Å²) in [4.78, 5) is 24.2. The average molecular weight is 398 g/mol. The predicted octanol–water partition coefficient (Wildman–Crippen LogP) is 2.61. The summed E-state index contributed by atoms with van der Waals surface area (Å²) < 4.78 is 74.5. The zero-order chi connectivity index (χ0) is 20.3. The first-order valence-electron chi connectivity index (χ1n) is 7.31. The van der Waals surface area contributed by atoms with Gasteiger partial charge in [-0.15, -0.1) is 0 Å². The maximum atomic E-state index is 12.8. The van der Waals surface area contributed by atoms with Crippen LogP contribution in [0.5, 0.6) is 5.75 Å². The first kappa shape index (κ1) is 21.7. The molecular weight excluding hydrogens is 381 g/mol. The van der Waals surface area contributed by atoms with Gasteiger partial charge in [-0.05, 0) is 24.0 Å². The van der Waals surface area contributed by atoms with Crippen molar-refractivity contribution < 1.29 is 44.8 Å². The number of esters is 2. The molecule has 0 saturated carbocycles. The number of hydrogen-bond donors (Lipinski definition) is 0. The maximum Gasteiger partial charge on any atom is 0.534 e. The van der Waals surface area contributed by atoms with Crippen LogP contribution in [0.1, 0.15) is 45.7 Å². The summed E-state index contributed by atoms with van der Waals surface area (Å²) in [5.41, 5.74) is -6.61. The van der Waals surface area contributed by atoms with Gasteiger partial charge in [0.25, 0.3) is 0 Å². The lowest BCUT2D eigenvalue weighted by Crippen LogP contribution is -2.30.